The second-order valence-electron chi connectivity index (χ2n) is 6.19. The fraction of sp³-hybridized carbons (Fsp3) is 0.263. The third-order valence-corrected chi connectivity index (χ3v) is 4.09. The van der Waals surface area contributed by atoms with Crippen LogP contribution >= 0.6 is 0 Å². The van der Waals surface area contributed by atoms with Crippen LogP contribution in [0.5, 0.6) is 0 Å². The highest BCUT2D eigenvalue weighted by Gasteiger charge is 2.19. The van der Waals surface area contributed by atoms with Crippen molar-refractivity contribution < 1.29 is 4.79 Å². The van der Waals surface area contributed by atoms with E-state index in [1.807, 2.05) is 60.3 Å². The molecule has 2 aromatic heterocycles. The summed E-state index contributed by atoms with van der Waals surface area (Å²) < 4.78 is 1.99. The molecule has 0 bridgehead atoms. The number of nitrogens with one attached hydrogen (secondary N) is 1. The van der Waals surface area contributed by atoms with Crippen LogP contribution < -0.4 is 0 Å². The van der Waals surface area contributed by atoms with Gasteiger partial charge in [-0.05, 0) is 31.5 Å². The molecule has 1 amide bonds. The summed E-state index contributed by atoms with van der Waals surface area (Å²) in [4.78, 5) is 14.5. The van der Waals surface area contributed by atoms with Gasteiger partial charge in [-0.2, -0.15) is 5.10 Å². The van der Waals surface area contributed by atoms with Crippen molar-refractivity contribution in [3.05, 3.63) is 66.1 Å². The first kappa shape index (κ1) is 16.1. The van der Waals surface area contributed by atoms with Crippen molar-refractivity contribution in [1.82, 2.24) is 19.7 Å². The summed E-state index contributed by atoms with van der Waals surface area (Å²) in [7, 11) is 1.82. The van der Waals surface area contributed by atoms with Gasteiger partial charge in [0.2, 0.25) is 0 Å². The van der Waals surface area contributed by atoms with Gasteiger partial charge in [0, 0.05) is 31.4 Å². The molecule has 0 aliphatic heterocycles. The van der Waals surface area contributed by atoms with Crippen molar-refractivity contribution in [2.24, 2.45) is 0 Å². The molecule has 0 spiro atoms. The Morgan fingerprint density at radius 3 is 2.67 bits per heavy atom. The van der Waals surface area contributed by atoms with E-state index in [-0.39, 0.29) is 11.9 Å². The lowest BCUT2D eigenvalue weighted by Gasteiger charge is -2.20. The minimum absolute atomic E-state index is 0.00825. The number of carbonyl (C=O) groups excluding carboxylic acids is 1. The van der Waals surface area contributed by atoms with Crippen molar-refractivity contribution in [3.63, 3.8) is 0 Å². The van der Waals surface area contributed by atoms with Gasteiger partial charge in [0.05, 0.1) is 11.9 Å². The molecule has 124 valence electrons. The van der Waals surface area contributed by atoms with Crippen molar-refractivity contribution in [2.75, 3.05) is 7.05 Å². The first-order valence-electron chi connectivity index (χ1n) is 8.08. The van der Waals surface area contributed by atoms with Gasteiger partial charge in [0.15, 0.2) is 0 Å². The molecule has 0 aliphatic rings. The third kappa shape index (κ3) is 3.11. The normalized spacial score (nSPS) is 11.0. The molecule has 0 unspecified atom stereocenters. The topological polar surface area (TPSA) is 53.9 Å². The number of hydrogen-bond acceptors (Lipinski definition) is 2. The van der Waals surface area contributed by atoms with Crippen LogP contribution in [0.2, 0.25) is 0 Å². The zero-order valence-electron chi connectivity index (χ0n) is 14.2. The molecule has 3 rings (SSSR count). The summed E-state index contributed by atoms with van der Waals surface area (Å²) in [6.07, 6.45) is 3.73. The second-order valence-corrected chi connectivity index (χ2v) is 6.19. The van der Waals surface area contributed by atoms with E-state index >= 15 is 0 Å². The molecule has 1 N–H and O–H groups in total. The fourth-order valence-electron chi connectivity index (χ4n) is 2.83. The molecule has 0 saturated carbocycles. The zero-order valence-corrected chi connectivity index (χ0v) is 14.2. The van der Waals surface area contributed by atoms with Crippen LogP contribution in [-0.2, 0) is 6.54 Å². The minimum Gasteiger partial charge on any atom is -0.341 e. The molecule has 0 fully saturated rings. The molecule has 3 aromatic rings. The predicted molar refractivity (Wildman–Crippen MR) is 94.6 cm³/mol. The second kappa shape index (κ2) is 6.74. The van der Waals surface area contributed by atoms with E-state index in [0.29, 0.717) is 12.2 Å². The molecule has 24 heavy (non-hydrogen) atoms. The number of hydrogen-bond donors (Lipinski definition) is 1. The van der Waals surface area contributed by atoms with Crippen molar-refractivity contribution in [3.8, 4) is 11.3 Å². The van der Waals surface area contributed by atoms with Crippen LogP contribution in [0.4, 0.5) is 0 Å². The van der Waals surface area contributed by atoms with Crippen LogP contribution in [0.3, 0.4) is 0 Å². The Hall–Kier alpha value is -2.82. The first-order chi connectivity index (χ1) is 11.6. The van der Waals surface area contributed by atoms with Gasteiger partial charge in [-0.3, -0.25) is 9.89 Å². The van der Waals surface area contributed by atoms with Crippen LogP contribution in [0, 0.1) is 0 Å². The number of H-pyrrole nitrogens is 1. The smallest absolute Gasteiger partial charge is 0.270 e. The molecule has 0 atom stereocenters. The Morgan fingerprint density at radius 2 is 1.96 bits per heavy atom. The van der Waals surface area contributed by atoms with Crippen molar-refractivity contribution >= 4 is 5.91 Å². The van der Waals surface area contributed by atoms with Gasteiger partial charge in [0.25, 0.3) is 5.91 Å². The Labute approximate surface area is 141 Å². The highest BCUT2D eigenvalue weighted by Crippen LogP contribution is 2.22. The molecule has 5 nitrogen and oxygen atoms in total. The Morgan fingerprint density at radius 1 is 1.21 bits per heavy atom. The van der Waals surface area contributed by atoms with Gasteiger partial charge in [0.1, 0.15) is 5.69 Å². The van der Waals surface area contributed by atoms with Crippen LogP contribution in [0.1, 0.15) is 35.9 Å². The van der Waals surface area contributed by atoms with E-state index in [4.69, 9.17) is 0 Å². The quantitative estimate of drug-likeness (QED) is 0.778. The number of aromatic amines is 1. The maximum Gasteiger partial charge on any atom is 0.270 e. The highest BCUT2D eigenvalue weighted by molar-refractivity contribution is 5.92. The van der Waals surface area contributed by atoms with E-state index < -0.39 is 0 Å². The first-order valence-corrected chi connectivity index (χ1v) is 8.08. The van der Waals surface area contributed by atoms with E-state index in [0.717, 1.165) is 16.8 Å². The molecule has 2 heterocycles. The Balaban J connectivity index is 1.81. The maximum atomic E-state index is 12.8. The highest BCUT2D eigenvalue weighted by atomic mass is 16.2. The molecule has 0 aliphatic carbocycles. The molecule has 5 heteroatoms. The van der Waals surface area contributed by atoms with Gasteiger partial charge >= 0.3 is 0 Å². The fourth-order valence-corrected chi connectivity index (χ4v) is 2.83. The molecular weight excluding hydrogens is 300 g/mol. The number of rotatable bonds is 5. The van der Waals surface area contributed by atoms with E-state index in [2.05, 4.69) is 24.0 Å². The average Bonchev–Trinajstić information content (AvgIpc) is 3.24. The van der Waals surface area contributed by atoms with Gasteiger partial charge in [-0.1, -0.05) is 30.3 Å². The molecular formula is C19H22N4O. The lowest BCUT2D eigenvalue weighted by molar-refractivity contribution is 0.0773. The SMILES string of the molecule is CC(C)n1cccc1C(=O)N(C)Cc1cn[nH]c1-c1ccccc1. The third-order valence-electron chi connectivity index (χ3n) is 4.09. The summed E-state index contributed by atoms with van der Waals surface area (Å²) in [6.45, 7) is 4.64. The number of amides is 1. The summed E-state index contributed by atoms with van der Waals surface area (Å²) in [5.74, 6) is 0.00825. The van der Waals surface area contributed by atoms with Crippen LogP contribution in [0.25, 0.3) is 11.3 Å². The monoisotopic (exact) mass is 322 g/mol. The number of benzene rings is 1. The summed E-state index contributed by atoms with van der Waals surface area (Å²) in [6, 6.07) is 14.1. The van der Waals surface area contributed by atoms with Crippen LogP contribution in [0.15, 0.2) is 54.9 Å². The minimum atomic E-state index is 0.00825. The predicted octanol–water partition coefficient (Wildman–Crippen LogP) is 3.73. The van der Waals surface area contributed by atoms with E-state index in [1.165, 1.54) is 0 Å². The van der Waals surface area contributed by atoms with E-state index in [1.54, 1.807) is 11.1 Å². The molecule has 1 aromatic carbocycles. The lowest BCUT2D eigenvalue weighted by atomic mass is 10.1. The van der Waals surface area contributed by atoms with Gasteiger partial charge in [-0.25, -0.2) is 0 Å². The van der Waals surface area contributed by atoms with Gasteiger partial charge < -0.3 is 9.47 Å². The number of nitrogens with zero attached hydrogens (tertiary/aromatic N) is 3. The zero-order chi connectivity index (χ0) is 17.1. The standard InChI is InChI=1S/C19H22N4O/c1-14(2)23-11-7-10-17(23)19(24)22(3)13-16-12-20-21-18(16)15-8-5-4-6-9-15/h4-12,14H,13H2,1-3H3,(H,20,21). The number of aromatic nitrogens is 3. The molecule has 0 radical (unpaired) electrons. The van der Waals surface area contributed by atoms with Gasteiger partial charge in [-0.15, -0.1) is 0 Å². The van der Waals surface area contributed by atoms with Crippen molar-refractivity contribution in [1.29, 1.82) is 0 Å². The Kier molecular flexibility index (Phi) is 4.51. The summed E-state index contributed by atoms with van der Waals surface area (Å²) in [5, 5.41) is 7.19. The lowest BCUT2D eigenvalue weighted by Crippen LogP contribution is -2.28. The van der Waals surface area contributed by atoms with Crippen molar-refractivity contribution in [2.45, 2.75) is 26.4 Å². The number of carbonyl (C=O) groups is 1. The molecule has 0 saturated heterocycles. The van der Waals surface area contributed by atoms with Crippen LogP contribution in [-0.4, -0.2) is 32.6 Å². The average molecular weight is 322 g/mol. The summed E-state index contributed by atoms with van der Waals surface area (Å²) >= 11 is 0. The maximum absolute atomic E-state index is 12.8. The largest absolute Gasteiger partial charge is 0.341 e. The van der Waals surface area contributed by atoms with E-state index in [9.17, 15) is 4.79 Å². The Bertz CT molecular complexity index is 817. The summed E-state index contributed by atoms with van der Waals surface area (Å²) in [5.41, 5.74) is 3.72.